The van der Waals surface area contributed by atoms with Crippen molar-refractivity contribution in [2.75, 3.05) is 6.54 Å². The van der Waals surface area contributed by atoms with Gasteiger partial charge in [-0.15, -0.1) is 0 Å². The predicted molar refractivity (Wildman–Crippen MR) is 134 cm³/mol. The number of fused-ring (bicyclic) bond motifs is 1. The van der Waals surface area contributed by atoms with E-state index in [1.54, 1.807) is 24.0 Å². The quantitative estimate of drug-likeness (QED) is 0.501. The Morgan fingerprint density at radius 3 is 2.58 bits per heavy atom. The second-order valence-corrected chi connectivity index (χ2v) is 11.5. The highest BCUT2D eigenvalue weighted by atomic mass is 19.3. The molecule has 2 saturated carbocycles. The summed E-state index contributed by atoms with van der Waals surface area (Å²) in [5.74, 6) is -4.44. The lowest BCUT2D eigenvalue weighted by Gasteiger charge is -2.56. The molecule has 206 valence electrons. The maximum absolute atomic E-state index is 14.1. The molecular weight excluding hydrogens is 499 g/mol. The summed E-state index contributed by atoms with van der Waals surface area (Å²) in [5.41, 5.74) is 0.164. The van der Waals surface area contributed by atoms with Crippen LogP contribution >= 0.6 is 0 Å². The van der Waals surface area contributed by atoms with E-state index in [4.69, 9.17) is 0 Å². The third-order valence-electron chi connectivity index (χ3n) is 8.38. The Labute approximate surface area is 219 Å². The predicted octanol–water partition coefficient (Wildman–Crippen LogP) is 3.98. The van der Waals surface area contributed by atoms with E-state index in [0.29, 0.717) is 30.7 Å². The molecule has 2 unspecified atom stereocenters. The number of halogens is 3. The molecule has 2 aliphatic carbocycles. The summed E-state index contributed by atoms with van der Waals surface area (Å²) < 4.78 is 40.8. The zero-order valence-electron chi connectivity index (χ0n) is 21.7. The number of carbonyl (C=O) groups excluding carboxylic acids is 3. The van der Waals surface area contributed by atoms with Crippen LogP contribution in [0.4, 0.5) is 13.2 Å². The third kappa shape index (κ3) is 5.24. The van der Waals surface area contributed by atoms with E-state index in [9.17, 15) is 27.6 Å². The lowest BCUT2D eigenvalue weighted by Crippen LogP contribution is -2.59. The van der Waals surface area contributed by atoms with Crippen molar-refractivity contribution < 1.29 is 27.6 Å². The number of H-pyrrole nitrogens is 1. The number of hydrogen-bond acceptors (Lipinski definition) is 4. The maximum Gasteiger partial charge on any atom is 0.249 e. The molecule has 38 heavy (non-hydrogen) atoms. The fourth-order valence-corrected chi connectivity index (χ4v) is 6.37. The monoisotopic (exact) mass is 533 g/mol. The number of rotatable bonds is 7. The SMILES string of the molecule is CC1CCCCN1C(=O)CC(NC(=O)C1CC2(C1)CC(F)(F)C2)C(=O)N[C@@H](C)c1nc2c(F)cccc2[nH]1. The summed E-state index contributed by atoms with van der Waals surface area (Å²) in [6.07, 6.45) is 2.91. The third-order valence-corrected chi connectivity index (χ3v) is 8.38. The number of likely N-dealkylation sites (tertiary alicyclic amines) is 1. The van der Waals surface area contributed by atoms with E-state index in [-0.39, 0.29) is 36.7 Å². The highest BCUT2D eigenvalue weighted by Gasteiger charge is 2.63. The smallest absolute Gasteiger partial charge is 0.249 e. The maximum atomic E-state index is 14.1. The normalized spacial score (nSPS) is 23.8. The van der Waals surface area contributed by atoms with Gasteiger partial charge in [0.2, 0.25) is 23.6 Å². The van der Waals surface area contributed by atoms with Crippen LogP contribution in [0.1, 0.15) is 77.1 Å². The van der Waals surface area contributed by atoms with Crippen LogP contribution in [0, 0.1) is 17.2 Å². The van der Waals surface area contributed by atoms with Gasteiger partial charge in [-0.1, -0.05) is 6.07 Å². The molecule has 2 heterocycles. The van der Waals surface area contributed by atoms with Gasteiger partial charge in [-0.3, -0.25) is 14.4 Å². The first-order valence-electron chi connectivity index (χ1n) is 13.4. The van der Waals surface area contributed by atoms with Crippen molar-refractivity contribution in [3.8, 4) is 0 Å². The van der Waals surface area contributed by atoms with Gasteiger partial charge >= 0.3 is 0 Å². The van der Waals surface area contributed by atoms with Crippen molar-refractivity contribution in [3.05, 3.63) is 29.8 Å². The fourth-order valence-electron chi connectivity index (χ4n) is 6.37. The standard InChI is InChI=1S/C27H34F3N5O3/c1-15-6-3-4-9-35(15)21(36)10-20(33-24(37)17-11-26(12-17)13-27(29,30)14-26)25(38)31-16(2)23-32-19-8-5-7-18(28)22(19)34-23/h5,7-8,15-17,20H,3-4,6,9-14H2,1-2H3,(H,31,38)(H,32,34)(H,33,37)/t15?,16-,20?/m0/s1. The zero-order chi connectivity index (χ0) is 27.2. The van der Waals surface area contributed by atoms with Crippen LogP contribution in [0.25, 0.3) is 11.0 Å². The van der Waals surface area contributed by atoms with Crippen molar-refractivity contribution in [2.24, 2.45) is 11.3 Å². The molecule has 0 radical (unpaired) electrons. The summed E-state index contributed by atoms with van der Waals surface area (Å²) in [6, 6.07) is 2.79. The largest absolute Gasteiger partial charge is 0.345 e. The van der Waals surface area contributed by atoms with Crippen LogP contribution in [-0.4, -0.2) is 57.1 Å². The number of nitrogens with zero attached hydrogens (tertiary/aromatic N) is 2. The summed E-state index contributed by atoms with van der Waals surface area (Å²) in [7, 11) is 0. The highest BCUT2D eigenvalue weighted by Crippen LogP contribution is 2.64. The van der Waals surface area contributed by atoms with Crippen LogP contribution in [-0.2, 0) is 14.4 Å². The second-order valence-electron chi connectivity index (χ2n) is 11.5. The van der Waals surface area contributed by atoms with Crippen molar-refractivity contribution >= 4 is 28.8 Å². The molecule has 8 nitrogen and oxygen atoms in total. The molecule has 1 spiro atoms. The average Bonchev–Trinajstić information content (AvgIpc) is 3.26. The number of piperidine rings is 1. The summed E-state index contributed by atoms with van der Waals surface area (Å²) in [5, 5.41) is 5.51. The molecule has 1 aliphatic heterocycles. The number of benzene rings is 1. The Kier molecular flexibility index (Phi) is 6.89. The first kappa shape index (κ1) is 26.5. The summed E-state index contributed by atoms with van der Waals surface area (Å²) in [6.45, 7) is 4.24. The van der Waals surface area contributed by atoms with E-state index >= 15 is 0 Å². The average molecular weight is 534 g/mol. The van der Waals surface area contributed by atoms with Gasteiger partial charge in [0, 0.05) is 31.3 Å². The van der Waals surface area contributed by atoms with Gasteiger partial charge in [0.25, 0.3) is 0 Å². The molecule has 3 fully saturated rings. The molecule has 11 heteroatoms. The molecule has 3 atom stereocenters. The Morgan fingerprint density at radius 1 is 1.18 bits per heavy atom. The van der Waals surface area contributed by atoms with Gasteiger partial charge in [0.15, 0.2) is 5.82 Å². The Morgan fingerprint density at radius 2 is 1.92 bits per heavy atom. The Bertz CT molecular complexity index is 1230. The van der Waals surface area contributed by atoms with E-state index in [0.717, 1.165) is 19.3 Å². The van der Waals surface area contributed by atoms with Crippen molar-refractivity contribution in [1.82, 2.24) is 25.5 Å². The van der Waals surface area contributed by atoms with Gasteiger partial charge in [0.05, 0.1) is 18.0 Å². The number of aromatic nitrogens is 2. The van der Waals surface area contributed by atoms with E-state index in [1.165, 1.54) is 6.07 Å². The molecule has 0 bridgehead atoms. The van der Waals surface area contributed by atoms with Crippen molar-refractivity contribution in [1.29, 1.82) is 0 Å². The van der Waals surface area contributed by atoms with E-state index < -0.39 is 47.0 Å². The molecule has 3 aliphatic rings. The minimum atomic E-state index is -2.66. The highest BCUT2D eigenvalue weighted by molar-refractivity contribution is 5.93. The van der Waals surface area contributed by atoms with Gasteiger partial charge in [-0.2, -0.15) is 0 Å². The number of hydrogen-bond donors (Lipinski definition) is 3. The molecule has 1 aromatic carbocycles. The van der Waals surface area contributed by atoms with Crippen LogP contribution < -0.4 is 10.6 Å². The first-order valence-corrected chi connectivity index (χ1v) is 13.4. The molecule has 3 N–H and O–H groups in total. The molecule has 3 amide bonds. The van der Waals surface area contributed by atoms with Crippen molar-refractivity contribution in [2.45, 2.75) is 89.3 Å². The number of alkyl halides is 2. The Balaban J connectivity index is 1.26. The topological polar surface area (TPSA) is 107 Å². The van der Waals surface area contributed by atoms with Gasteiger partial charge < -0.3 is 20.5 Å². The first-order chi connectivity index (χ1) is 18.0. The lowest BCUT2D eigenvalue weighted by molar-refractivity contribution is -0.207. The molecule has 5 rings (SSSR count). The Hall–Kier alpha value is -3.11. The number of amides is 3. The molecule has 2 aromatic rings. The summed E-state index contributed by atoms with van der Waals surface area (Å²) in [4.78, 5) is 48.5. The number of imidazole rings is 1. The number of aromatic amines is 1. The van der Waals surface area contributed by atoms with Crippen LogP contribution in [0.2, 0.25) is 0 Å². The number of para-hydroxylation sites is 1. The number of carbonyl (C=O) groups is 3. The summed E-state index contributed by atoms with van der Waals surface area (Å²) >= 11 is 0. The van der Waals surface area contributed by atoms with E-state index in [1.807, 2.05) is 6.92 Å². The molecule has 1 saturated heterocycles. The lowest BCUT2D eigenvalue weighted by atomic mass is 9.50. The minimum Gasteiger partial charge on any atom is -0.345 e. The van der Waals surface area contributed by atoms with Gasteiger partial charge in [-0.05, 0) is 63.5 Å². The zero-order valence-corrected chi connectivity index (χ0v) is 21.7. The molecule has 1 aromatic heterocycles. The number of nitrogens with one attached hydrogen (secondary N) is 3. The minimum absolute atomic E-state index is 0.0480. The van der Waals surface area contributed by atoms with Crippen LogP contribution in [0.5, 0.6) is 0 Å². The fraction of sp³-hybridized carbons (Fsp3) is 0.630. The van der Waals surface area contributed by atoms with Gasteiger partial charge in [0.1, 0.15) is 17.4 Å². The van der Waals surface area contributed by atoms with Crippen LogP contribution in [0.3, 0.4) is 0 Å². The molecular formula is C27H34F3N5O3. The van der Waals surface area contributed by atoms with Crippen LogP contribution in [0.15, 0.2) is 18.2 Å². The van der Waals surface area contributed by atoms with Gasteiger partial charge in [-0.25, -0.2) is 18.2 Å². The van der Waals surface area contributed by atoms with Crippen molar-refractivity contribution in [3.63, 3.8) is 0 Å². The second kappa shape index (κ2) is 9.89. The van der Waals surface area contributed by atoms with E-state index in [2.05, 4.69) is 20.6 Å².